The van der Waals surface area contributed by atoms with Crippen LogP contribution in [0.4, 0.5) is 0 Å². The number of fused-ring (bicyclic) bond motifs is 1. The highest BCUT2D eigenvalue weighted by atomic mass is 32.2. The zero-order valence-electron chi connectivity index (χ0n) is 18.9. The molecule has 9 heteroatoms. The Labute approximate surface area is 194 Å². The summed E-state index contributed by atoms with van der Waals surface area (Å²) in [6, 6.07) is 8.09. The number of para-hydroxylation sites is 1. The fourth-order valence-corrected chi connectivity index (χ4v) is 4.65. The lowest BCUT2D eigenvalue weighted by atomic mass is 10.0. The molecule has 1 aliphatic rings. The number of hydrogen-bond acceptors (Lipinski definition) is 6. The molecule has 0 spiro atoms. The van der Waals surface area contributed by atoms with E-state index < -0.39 is 5.91 Å². The minimum Gasteiger partial charge on any atom is -0.383 e. The lowest BCUT2D eigenvalue weighted by Crippen LogP contribution is -2.49. The summed E-state index contributed by atoms with van der Waals surface area (Å²) >= 11 is 0.935. The minimum absolute atomic E-state index is 0.0498. The quantitative estimate of drug-likeness (QED) is 0.359. The predicted octanol–water partition coefficient (Wildman–Crippen LogP) is 2.90. The van der Waals surface area contributed by atoms with Gasteiger partial charge in [-0.25, -0.2) is 0 Å². The number of thioether (sulfide) groups is 1. The molecule has 1 aromatic carbocycles. The molecule has 3 rings (SSSR count). The van der Waals surface area contributed by atoms with Crippen LogP contribution in [0.1, 0.15) is 25.3 Å². The number of rotatable bonds is 8. The van der Waals surface area contributed by atoms with Crippen LogP contribution in [-0.2, 0) is 16.0 Å². The predicted molar refractivity (Wildman–Crippen MR) is 132 cm³/mol. The van der Waals surface area contributed by atoms with Gasteiger partial charge in [0.2, 0.25) is 0 Å². The van der Waals surface area contributed by atoms with Crippen LogP contribution in [0.3, 0.4) is 0 Å². The molecular formula is C23H34N6O2S. The molecule has 1 unspecified atom stereocenters. The zero-order valence-corrected chi connectivity index (χ0v) is 19.8. The Hall–Kier alpha value is -2.36. The summed E-state index contributed by atoms with van der Waals surface area (Å²) in [5.74, 6) is -0.406. The van der Waals surface area contributed by atoms with E-state index in [9.17, 15) is 4.79 Å². The summed E-state index contributed by atoms with van der Waals surface area (Å²) in [6.45, 7) is 6.85. The third kappa shape index (κ3) is 6.57. The van der Waals surface area contributed by atoms with Crippen molar-refractivity contribution in [1.82, 2.24) is 20.1 Å². The van der Waals surface area contributed by atoms with E-state index in [1.54, 1.807) is 7.11 Å². The highest BCUT2D eigenvalue weighted by Gasteiger charge is 2.23. The average molecular weight is 459 g/mol. The van der Waals surface area contributed by atoms with Crippen molar-refractivity contribution in [2.45, 2.75) is 32.2 Å². The van der Waals surface area contributed by atoms with Gasteiger partial charge in [0.05, 0.1) is 6.61 Å². The second-order valence-corrected chi connectivity index (χ2v) is 9.08. The van der Waals surface area contributed by atoms with Gasteiger partial charge in [-0.05, 0) is 36.2 Å². The Morgan fingerprint density at radius 1 is 1.25 bits per heavy atom. The molecule has 0 bridgehead atoms. The number of aromatic amines is 1. The molecule has 1 aromatic heterocycles. The van der Waals surface area contributed by atoms with Gasteiger partial charge in [0.25, 0.3) is 5.91 Å². The Morgan fingerprint density at radius 3 is 2.72 bits per heavy atom. The molecule has 8 nitrogen and oxygen atoms in total. The molecule has 2 aromatic rings. The number of amides is 1. The van der Waals surface area contributed by atoms with E-state index >= 15 is 0 Å². The Morgan fingerprint density at radius 2 is 2.00 bits per heavy atom. The van der Waals surface area contributed by atoms with Crippen molar-refractivity contribution in [2.24, 2.45) is 0 Å². The van der Waals surface area contributed by atoms with Gasteiger partial charge in [0.1, 0.15) is 0 Å². The average Bonchev–Trinajstić information content (AvgIpc) is 3.21. The van der Waals surface area contributed by atoms with Gasteiger partial charge in [0.15, 0.2) is 10.2 Å². The monoisotopic (exact) mass is 458 g/mol. The topological polar surface area (TPSA) is 108 Å². The maximum absolute atomic E-state index is 12.7. The van der Waals surface area contributed by atoms with Crippen molar-refractivity contribution in [2.75, 3.05) is 46.4 Å². The fraction of sp³-hybridized carbons (Fsp3) is 0.522. The summed E-state index contributed by atoms with van der Waals surface area (Å²) in [7, 11) is 1.70. The highest BCUT2D eigenvalue weighted by molar-refractivity contribution is 8.27. The molecule has 2 heterocycles. The van der Waals surface area contributed by atoms with Gasteiger partial charge in [-0.1, -0.05) is 31.5 Å². The lowest BCUT2D eigenvalue weighted by Gasteiger charge is -2.35. The third-order valence-corrected chi connectivity index (χ3v) is 6.63. The van der Waals surface area contributed by atoms with Crippen molar-refractivity contribution in [3.63, 3.8) is 0 Å². The Bertz CT molecular complexity index is 922. The van der Waals surface area contributed by atoms with E-state index in [1.807, 2.05) is 29.3 Å². The molecule has 1 fully saturated rings. The summed E-state index contributed by atoms with van der Waals surface area (Å²) in [5.41, 5.74) is 2.25. The minimum atomic E-state index is -0.406. The number of benzene rings is 1. The van der Waals surface area contributed by atoms with Gasteiger partial charge in [-0.15, -0.1) is 0 Å². The number of piperazine rings is 1. The number of nitrogens with one attached hydrogen (secondary N) is 4. The number of aromatic nitrogens is 1. The molecule has 174 valence electrons. The number of nitrogens with zero attached hydrogens (tertiary/aromatic N) is 2. The van der Waals surface area contributed by atoms with Crippen molar-refractivity contribution in [3.05, 3.63) is 36.0 Å². The number of methoxy groups -OCH3 is 1. The van der Waals surface area contributed by atoms with Crippen LogP contribution in [0.25, 0.3) is 10.9 Å². The fourth-order valence-electron chi connectivity index (χ4n) is 3.99. The van der Waals surface area contributed by atoms with Crippen LogP contribution in [0.2, 0.25) is 0 Å². The number of carbonyl (C=O) groups is 1. The number of amidine groups is 1. The van der Waals surface area contributed by atoms with E-state index in [2.05, 4.69) is 28.2 Å². The van der Waals surface area contributed by atoms with Gasteiger partial charge >= 0.3 is 0 Å². The van der Waals surface area contributed by atoms with Gasteiger partial charge in [-0.3, -0.25) is 20.5 Å². The van der Waals surface area contributed by atoms with E-state index in [0.717, 1.165) is 68.4 Å². The van der Waals surface area contributed by atoms with Gasteiger partial charge in [-0.2, -0.15) is 0 Å². The summed E-state index contributed by atoms with van der Waals surface area (Å²) in [4.78, 5) is 20.2. The molecule has 1 saturated heterocycles. The molecule has 1 aliphatic heterocycles. The molecule has 4 N–H and O–H groups in total. The summed E-state index contributed by atoms with van der Waals surface area (Å²) < 4.78 is 5.12. The van der Waals surface area contributed by atoms with Crippen molar-refractivity contribution < 1.29 is 9.53 Å². The first kappa shape index (κ1) is 24.3. The molecule has 0 radical (unpaired) electrons. The summed E-state index contributed by atoms with van der Waals surface area (Å²) in [5, 5.41) is 20.9. The maximum Gasteiger partial charge on any atom is 0.276 e. The normalized spacial score (nSPS) is 15.6. The highest BCUT2D eigenvalue weighted by Crippen LogP contribution is 2.20. The Kier molecular flexibility index (Phi) is 9.13. The molecule has 0 aliphatic carbocycles. The first-order valence-electron chi connectivity index (χ1n) is 11.2. The van der Waals surface area contributed by atoms with E-state index in [-0.39, 0.29) is 16.3 Å². The van der Waals surface area contributed by atoms with E-state index in [0.29, 0.717) is 13.0 Å². The first-order valence-corrected chi connectivity index (χ1v) is 12.0. The standard InChI is InChI=1S/C23H34N6O2S/c1-3-6-18(15-17-16-26-20-8-5-4-7-19(17)20)27-22(30)21(24)32-23(25)29-11-9-28(10-12-29)13-14-31-2/h4-5,7-8,16,18,24-26H,3,6,9-15H2,1-2H3,(H,27,30). The molecular weight excluding hydrogens is 424 g/mol. The van der Waals surface area contributed by atoms with Crippen LogP contribution < -0.4 is 5.32 Å². The van der Waals surface area contributed by atoms with Crippen LogP contribution in [0.5, 0.6) is 0 Å². The van der Waals surface area contributed by atoms with E-state index in [1.165, 1.54) is 5.39 Å². The number of ether oxygens (including phenoxy) is 1. The number of H-pyrrole nitrogens is 1. The zero-order chi connectivity index (χ0) is 22.9. The van der Waals surface area contributed by atoms with E-state index in [4.69, 9.17) is 15.6 Å². The third-order valence-electron chi connectivity index (χ3n) is 5.79. The molecule has 32 heavy (non-hydrogen) atoms. The summed E-state index contributed by atoms with van der Waals surface area (Å²) in [6.07, 6.45) is 4.49. The number of hydrogen-bond donors (Lipinski definition) is 4. The van der Waals surface area contributed by atoms with Crippen molar-refractivity contribution in [1.29, 1.82) is 10.8 Å². The Balaban J connectivity index is 1.50. The van der Waals surface area contributed by atoms with Crippen molar-refractivity contribution in [3.8, 4) is 0 Å². The molecule has 1 amide bonds. The van der Waals surface area contributed by atoms with Crippen LogP contribution >= 0.6 is 11.8 Å². The smallest absolute Gasteiger partial charge is 0.276 e. The van der Waals surface area contributed by atoms with Crippen LogP contribution in [0.15, 0.2) is 30.5 Å². The van der Waals surface area contributed by atoms with Gasteiger partial charge < -0.3 is 19.9 Å². The second-order valence-electron chi connectivity index (χ2n) is 8.08. The molecule has 1 atom stereocenters. The molecule has 0 saturated carbocycles. The maximum atomic E-state index is 12.7. The lowest BCUT2D eigenvalue weighted by molar-refractivity contribution is -0.115. The van der Waals surface area contributed by atoms with Crippen LogP contribution in [-0.4, -0.2) is 83.4 Å². The SMILES string of the molecule is CCCC(Cc1c[nH]c2ccccc12)NC(=O)C(=N)SC(=N)N1CCN(CCOC)CC1. The number of carbonyl (C=O) groups excluding carboxylic acids is 1. The second kappa shape index (κ2) is 12.0. The largest absolute Gasteiger partial charge is 0.383 e. The van der Waals surface area contributed by atoms with Gasteiger partial charge in [0, 0.05) is 63.0 Å². The van der Waals surface area contributed by atoms with Crippen LogP contribution in [0, 0.1) is 10.8 Å². The first-order chi connectivity index (χ1) is 15.5. The van der Waals surface area contributed by atoms with Crippen molar-refractivity contribution >= 4 is 38.8 Å².